The molecule has 114 valence electrons. The van der Waals surface area contributed by atoms with E-state index in [9.17, 15) is 14.9 Å². The fourth-order valence-electron chi connectivity index (χ4n) is 2.66. The zero-order valence-electron chi connectivity index (χ0n) is 11.8. The van der Waals surface area contributed by atoms with Gasteiger partial charge < -0.3 is 4.74 Å². The highest BCUT2D eigenvalue weighted by Crippen LogP contribution is 2.27. The predicted molar refractivity (Wildman–Crippen MR) is 78.2 cm³/mol. The van der Waals surface area contributed by atoms with Gasteiger partial charge in [0.05, 0.1) is 12.0 Å². The minimum atomic E-state index is -0.428. The Kier molecular flexibility index (Phi) is 5.14. The third-order valence-corrected chi connectivity index (χ3v) is 3.93. The maximum Gasteiger partial charge on any atom is 0.323 e. The van der Waals surface area contributed by atoms with E-state index in [0.29, 0.717) is 30.1 Å². The number of esters is 1. The molecule has 1 atom stereocenters. The van der Waals surface area contributed by atoms with Crippen LogP contribution in [0.3, 0.4) is 0 Å². The third kappa shape index (κ3) is 3.71. The normalized spacial score (nSPS) is 19.2. The Bertz CT molecular complexity index is 550. The first-order chi connectivity index (χ1) is 10.0. The summed E-state index contributed by atoms with van der Waals surface area (Å²) in [6.45, 7) is 1.03. The number of benzene rings is 1. The Morgan fingerprint density at radius 2 is 2.29 bits per heavy atom. The highest BCUT2D eigenvalue weighted by Gasteiger charge is 2.30. The van der Waals surface area contributed by atoms with E-state index in [1.807, 2.05) is 4.90 Å². The second-order valence-electron chi connectivity index (χ2n) is 5.04. The van der Waals surface area contributed by atoms with Crippen LogP contribution in [-0.4, -0.2) is 35.5 Å². The average Bonchev–Trinajstić information content (AvgIpc) is 2.47. The SMILES string of the molecule is COC(=O)C1CCCCN1Cc1cc(Cl)ccc1[N+](=O)[O-]. The molecular weight excluding hydrogens is 296 g/mol. The number of hydrogen-bond donors (Lipinski definition) is 0. The van der Waals surface area contributed by atoms with Crippen molar-refractivity contribution >= 4 is 23.3 Å². The summed E-state index contributed by atoms with van der Waals surface area (Å²) in [5, 5.41) is 11.5. The van der Waals surface area contributed by atoms with E-state index >= 15 is 0 Å². The lowest BCUT2D eigenvalue weighted by molar-refractivity contribution is -0.385. The van der Waals surface area contributed by atoms with Gasteiger partial charge in [-0.15, -0.1) is 0 Å². The summed E-state index contributed by atoms with van der Waals surface area (Å²) in [5.74, 6) is -0.292. The van der Waals surface area contributed by atoms with Crippen LogP contribution in [0.1, 0.15) is 24.8 Å². The van der Waals surface area contributed by atoms with E-state index in [1.165, 1.54) is 19.2 Å². The van der Waals surface area contributed by atoms with E-state index in [2.05, 4.69) is 0 Å². The van der Waals surface area contributed by atoms with Crippen molar-refractivity contribution in [2.75, 3.05) is 13.7 Å². The molecular formula is C14H17ClN2O4. The summed E-state index contributed by atoms with van der Waals surface area (Å²) in [4.78, 5) is 24.4. The number of nitro benzene ring substituents is 1. The highest BCUT2D eigenvalue weighted by atomic mass is 35.5. The molecule has 1 aromatic rings. The van der Waals surface area contributed by atoms with Crippen molar-refractivity contribution in [2.45, 2.75) is 31.8 Å². The number of carbonyl (C=O) groups excluding carboxylic acids is 1. The van der Waals surface area contributed by atoms with Crippen molar-refractivity contribution in [2.24, 2.45) is 0 Å². The maximum atomic E-state index is 11.8. The van der Waals surface area contributed by atoms with Crippen LogP contribution in [0.15, 0.2) is 18.2 Å². The maximum absolute atomic E-state index is 11.8. The summed E-state index contributed by atoms with van der Waals surface area (Å²) in [5.41, 5.74) is 0.539. The summed E-state index contributed by atoms with van der Waals surface area (Å²) < 4.78 is 4.82. The molecule has 1 fully saturated rings. The number of nitro groups is 1. The lowest BCUT2D eigenvalue weighted by Gasteiger charge is -2.33. The fraction of sp³-hybridized carbons (Fsp3) is 0.500. The quantitative estimate of drug-likeness (QED) is 0.485. The number of hydrogen-bond acceptors (Lipinski definition) is 5. The van der Waals surface area contributed by atoms with Gasteiger partial charge in [0.25, 0.3) is 5.69 Å². The van der Waals surface area contributed by atoms with Crippen molar-refractivity contribution in [1.29, 1.82) is 0 Å². The van der Waals surface area contributed by atoms with Crippen LogP contribution in [0.25, 0.3) is 0 Å². The van der Waals surface area contributed by atoms with Crippen LogP contribution in [0.4, 0.5) is 5.69 Å². The van der Waals surface area contributed by atoms with Gasteiger partial charge in [-0.2, -0.15) is 0 Å². The van der Waals surface area contributed by atoms with Gasteiger partial charge in [0, 0.05) is 23.2 Å². The Morgan fingerprint density at radius 3 is 2.95 bits per heavy atom. The molecule has 1 aliphatic heterocycles. The fourth-order valence-corrected chi connectivity index (χ4v) is 2.86. The minimum Gasteiger partial charge on any atom is -0.468 e. The largest absolute Gasteiger partial charge is 0.468 e. The molecule has 7 heteroatoms. The van der Waals surface area contributed by atoms with Crippen LogP contribution in [0.5, 0.6) is 0 Å². The Morgan fingerprint density at radius 1 is 1.52 bits per heavy atom. The molecule has 0 radical (unpaired) electrons. The number of likely N-dealkylation sites (tertiary alicyclic amines) is 1. The van der Waals surface area contributed by atoms with E-state index in [1.54, 1.807) is 6.07 Å². The van der Waals surface area contributed by atoms with Crippen LogP contribution in [0, 0.1) is 10.1 Å². The topological polar surface area (TPSA) is 72.7 Å². The molecule has 1 heterocycles. The summed E-state index contributed by atoms with van der Waals surface area (Å²) in [6.07, 6.45) is 2.62. The highest BCUT2D eigenvalue weighted by molar-refractivity contribution is 6.30. The second-order valence-corrected chi connectivity index (χ2v) is 5.47. The van der Waals surface area contributed by atoms with Crippen molar-refractivity contribution in [3.8, 4) is 0 Å². The number of piperidine rings is 1. The first-order valence-electron chi connectivity index (χ1n) is 6.77. The van der Waals surface area contributed by atoms with Crippen molar-refractivity contribution in [3.63, 3.8) is 0 Å². The molecule has 0 saturated carbocycles. The predicted octanol–water partition coefficient (Wildman–Crippen LogP) is 2.78. The van der Waals surface area contributed by atoms with Gasteiger partial charge in [-0.3, -0.25) is 19.8 Å². The van der Waals surface area contributed by atoms with Gasteiger partial charge in [-0.1, -0.05) is 18.0 Å². The number of methoxy groups -OCH3 is 1. The zero-order valence-corrected chi connectivity index (χ0v) is 12.5. The Balaban J connectivity index is 2.24. The van der Waals surface area contributed by atoms with Gasteiger partial charge >= 0.3 is 5.97 Å². The first kappa shape index (κ1) is 15.7. The Hall–Kier alpha value is -1.66. The summed E-state index contributed by atoms with van der Waals surface area (Å²) >= 11 is 5.93. The van der Waals surface area contributed by atoms with E-state index in [0.717, 1.165) is 12.8 Å². The first-order valence-corrected chi connectivity index (χ1v) is 7.15. The van der Waals surface area contributed by atoms with Crippen molar-refractivity contribution < 1.29 is 14.5 Å². The third-order valence-electron chi connectivity index (χ3n) is 3.70. The average molecular weight is 313 g/mol. The van der Waals surface area contributed by atoms with E-state index in [4.69, 9.17) is 16.3 Å². The molecule has 6 nitrogen and oxygen atoms in total. The minimum absolute atomic E-state index is 0.0218. The summed E-state index contributed by atoms with van der Waals surface area (Å²) in [6, 6.07) is 4.14. The van der Waals surface area contributed by atoms with E-state index in [-0.39, 0.29) is 17.7 Å². The molecule has 1 aliphatic rings. The molecule has 0 bridgehead atoms. The van der Waals surface area contributed by atoms with Crippen LogP contribution in [0.2, 0.25) is 5.02 Å². The molecule has 0 spiro atoms. The van der Waals surface area contributed by atoms with Crippen molar-refractivity contribution in [1.82, 2.24) is 4.90 Å². The molecule has 2 rings (SSSR count). The number of rotatable bonds is 4. The monoisotopic (exact) mass is 312 g/mol. The standard InChI is InChI=1S/C14H17ClN2O4/c1-21-14(18)13-4-2-3-7-16(13)9-10-8-11(15)5-6-12(10)17(19)20/h5-6,8,13H,2-4,7,9H2,1H3. The van der Waals surface area contributed by atoms with Crippen LogP contribution in [-0.2, 0) is 16.1 Å². The van der Waals surface area contributed by atoms with Gasteiger partial charge in [0.2, 0.25) is 0 Å². The van der Waals surface area contributed by atoms with Crippen LogP contribution < -0.4 is 0 Å². The lowest BCUT2D eigenvalue weighted by atomic mass is 10.0. The molecule has 0 N–H and O–H groups in total. The number of halogens is 1. The van der Waals surface area contributed by atoms with Crippen molar-refractivity contribution in [3.05, 3.63) is 38.9 Å². The van der Waals surface area contributed by atoms with Crippen LogP contribution >= 0.6 is 11.6 Å². The summed E-state index contributed by atoms with van der Waals surface area (Å²) in [7, 11) is 1.36. The molecule has 0 amide bonds. The molecule has 0 aliphatic carbocycles. The molecule has 21 heavy (non-hydrogen) atoms. The van der Waals surface area contributed by atoms with Gasteiger partial charge in [-0.05, 0) is 31.5 Å². The number of carbonyl (C=O) groups is 1. The number of nitrogens with zero attached hydrogens (tertiary/aromatic N) is 2. The molecule has 0 aromatic heterocycles. The molecule has 1 aromatic carbocycles. The molecule has 1 unspecified atom stereocenters. The second kappa shape index (κ2) is 6.87. The zero-order chi connectivity index (χ0) is 15.4. The van der Waals surface area contributed by atoms with Gasteiger partial charge in [0.15, 0.2) is 0 Å². The Labute approximate surface area is 127 Å². The van der Waals surface area contributed by atoms with Gasteiger partial charge in [0.1, 0.15) is 6.04 Å². The molecule has 1 saturated heterocycles. The smallest absolute Gasteiger partial charge is 0.323 e. The lowest BCUT2D eigenvalue weighted by Crippen LogP contribution is -2.44. The number of ether oxygens (including phenoxy) is 1. The van der Waals surface area contributed by atoms with Gasteiger partial charge in [-0.25, -0.2) is 0 Å². The van der Waals surface area contributed by atoms with E-state index < -0.39 is 4.92 Å².